The van der Waals surface area contributed by atoms with Crippen LogP contribution in [0.2, 0.25) is 0 Å². The topological polar surface area (TPSA) is 70.7 Å². The first-order chi connectivity index (χ1) is 12.1. The van der Waals surface area contributed by atoms with Crippen LogP contribution >= 0.6 is 0 Å². The van der Waals surface area contributed by atoms with E-state index in [4.69, 9.17) is 4.74 Å². The van der Waals surface area contributed by atoms with Crippen molar-refractivity contribution in [2.75, 3.05) is 23.9 Å². The van der Waals surface area contributed by atoms with Crippen molar-refractivity contribution in [3.05, 3.63) is 54.1 Å². The summed E-state index contributed by atoms with van der Waals surface area (Å²) in [5, 5.41) is 5.69. The number of para-hydroxylation sites is 1. The number of carbonyl (C=O) groups excluding carboxylic acids is 2. The smallest absolute Gasteiger partial charge is 0.319 e. The number of methoxy groups -OCH3 is 1. The summed E-state index contributed by atoms with van der Waals surface area (Å²) >= 11 is 0. The maximum absolute atomic E-state index is 12.3. The zero-order valence-corrected chi connectivity index (χ0v) is 14.3. The van der Waals surface area contributed by atoms with E-state index in [1.54, 1.807) is 12.0 Å². The van der Waals surface area contributed by atoms with Crippen LogP contribution in [0.1, 0.15) is 12.0 Å². The molecule has 0 aromatic heterocycles. The average Bonchev–Trinajstić information content (AvgIpc) is 2.97. The highest BCUT2D eigenvalue weighted by Gasteiger charge is 2.31. The highest BCUT2D eigenvalue weighted by atomic mass is 16.5. The van der Waals surface area contributed by atoms with Gasteiger partial charge in [0.2, 0.25) is 5.91 Å². The number of benzene rings is 2. The molecule has 1 atom stereocenters. The van der Waals surface area contributed by atoms with Crippen LogP contribution in [0.4, 0.5) is 16.2 Å². The molecule has 130 valence electrons. The van der Waals surface area contributed by atoms with Gasteiger partial charge in [0.05, 0.1) is 13.2 Å². The number of carbonyl (C=O) groups is 2. The Kier molecular flexibility index (Phi) is 4.88. The molecule has 25 heavy (non-hydrogen) atoms. The summed E-state index contributed by atoms with van der Waals surface area (Å²) in [6, 6.07) is 14.4. The summed E-state index contributed by atoms with van der Waals surface area (Å²) in [4.78, 5) is 26.2. The average molecular weight is 339 g/mol. The Bertz CT molecular complexity index is 791. The molecule has 1 aliphatic heterocycles. The van der Waals surface area contributed by atoms with E-state index in [0.717, 1.165) is 16.9 Å². The monoisotopic (exact) mass is 339 g/mol. The fourth-order valence-corrected chi connectivity index (χ4v) is 2.89. The summed E-state index contributed by atoms with van der Waals surface area (Å²) in [6.45, 7) is 2.37. The van der Waals surface area contributed by atoms with E-state index >= 15 is 0 Å². The van der Waals surface area contributed by atoms with Crippen LogP contribution < -0.4 is 20.3 Å². The number of anilines is 2. The fourth-order valence-electron chi connectivity index (χ4n) is 2.89. The number of aryl methyl sites for hydroxylation is 1. The molecule has 1 heterocycles. The molecule has 2 aromatic carbocycles. The van der Waals surface area contributed by atoms with Crippen molar-refractivity contribution in [1.29, 1.82) is 0 Å². The normalized spacial score (nSPS) is 16.6. The molecule has 1 saturated heterocycles. The first-order valence-corrected chi connectivity index (χ1v) is 8.14. The predicted octanol–water partition coefficient (Wildman–Crippen LogP) is 2.93. The number of hydrogen-bond donors (Lipinski definition) is 2. The van der Waals surface area contributed by atoms with Crippen LogP contribution in [0.3, 0.4) is 0 Å². The summed E-state index contributed by atoms with van der Waals surface area (Å²) in [5.41, 5.74) is 2.51. The zero-order valence-electron chi connectivity index (χ0n) is 14.3. The fraction of sp³-hybridized carbons (Fsp3) is 0.263. The molecular formula is C19H21N3O3. The largest absolute Gasteiger partial charge is 0.497 e. The third-order valence-electron chi connectivity index (χ3n) is 4.22. The first-order valence-electron chi connectivity index (χ1n) is 8.14. The minimum atomic E-state index is -0.306. The van der Waals surface area contributed by atoms with Gasteiger partial charge in [-0.3, -0.25) is 4.79 Å². The second kappa shape index (κ2) is 7.25. The predicted molar refractivity (Wildman–Crippen MR) is 97.1 cm³/mol. The van der Waals surface area contributed by atoms with Gasteiger partial charge in [-0.25, -0.2) is 4.79 Å². The van der Waals surface area contributed by atoms with E-state index in [-0.39, 0.29) is 24.4 Å². The molecule has 0 spiro atoms. The Morgan fingerprint density at radius 2 is 2.00 bits per heavy atom. The van der Waals surface area contributed by atoms with Crippen molar-refractivity contribution < 1.29 is 14.3 Å². The van der Waals surface area contributed by atoms with E-state index in [9.17, 15) is 9.59 Å². The summed E-state index contributed by atoms with van der Waals surface area (Å²) in [5.74, 6) is 0.674. The van der Waals surface area contributed by atoms with Crippen LogP contribution in [0, 0.1) is 6.92 Å². The number of ether oxygens (including phenoxy) is 1. The third kappa shape index (κ3) is 3.91. The van der Waals surface area contributed by atoms with E-state index in [1.165, 1.54) is 0 Å². The highest BCUT2D eigenvalue weighted by Crippen LogP contribution is 2.25. The molecule has 2 N–H and O–H groups in total. The Hall–Kier alpha value is -3.02. The number of hydrogen-bond acceptors (Lipinski definition) is 3. The maximum Gasteiger partial charge on any atom is 0.319 e. The summed E-state index contributed by atoms with van der Waals surface area (Å²) < 4.78 is 5.20. The van der Waals surface area contributed by atoms with Gasteiger partial charge in [-0.1, -0.05) is 24.3 Å². The summed E-state index contributed by atoms with van der Waals surface area (Å²) in [6.07, 6.45) is 0.276. The molecule has 1 fully saturated rings. The molecule has 6 nitrogen and oxygen atoms in total. The van der Waals surface area contributed by atoms with Crippen LogP contribution in [0.5, 0.6) is 5.75 Å². The molecule has 2 aromatic rings. The van der Waals surface area contributed by atoms with E-state index in [1.807, 2.05) is 55.5 Å². The number of rotatable bonds is 4. The SMILES string of the molecule is COc1cccc(N2C[C@H](NC(=O)Nc3ccccc3C)CC2=O)c1. The van der Waals surface area contributed by atoms with Gasteiger partial charge in [-0.2, -0.15) is 0 Å². The van der Waals surface area contributed by atoms with Gasteiger partial charge < -0.3 is 20.3 Å². The Labute approximate surface area is 146 Å². The zero-order chi connectivity index (χ0) is 17.8. The van der Waals surface area contributed by atoms with Crippen molar-refractivity contribution >= 4 is 23.3 Å². The molecule has 0 unspecified atom stereocenters. The quantitative estimate of drug-likeness (QED) is 0.900. The van der Waals surface area contributed by atoms with Crippen molar-refractivity contribution in [3.63, 3.8) is 0 Å². The van der Waals surface area contributed by atoms with Gasteiger partial charge in [-0.05, 0) is 30.7 Å². The van der Waals surface area contributed by atoms with Gasteiger partial charge in [0, 0.05) is 30.4 Å². The van der Waals surface area contributed by atoms with Crippen molar-refractivity contribution in [3.8, 4) is 5.75 Å². The second-order valence-corrected chi connectivity index (χ2v) is 6.02. The number of urea groups is 1. The number of nitrogens with one attached hydrogen (secondary N) is 2. The number of nitrogens with zero attached hydrogens (tertiary/aromatic N) is 1. The molecule has 1 aliphatic rings. The Balaban J connectivity index is 1.62. The van der Waals surface area contributed by atoms with Gasteiger partial charge >= 0.3 is 6.03 Å². The molecular weight excluding hydrogens is 318 g/mol. The van der Waals surface area contributed by atoms with Crippen LogP contribution in [0.25, 0.3) is 0 Å². The minimum Gasteiger partial charge on any atom is -0.497 e. The molecule has 0 aliphatic carbocycles. The maximum atomic E-state index is 12.3. The van der Waals surface area contributed by atoms with Gasteiger partial charge in [-0.15, -0.1) is 0 Å². The minimum absolute atomic E-state index is 0.0190. The van der Waals surface area contributed by atoms with Crippen LogP contribution in [-0.4, -0.2) is 31.6 Å². The Morgan fingerprint density at radius 1 is 1.20 bits per heavy atom. The highest BCUT2D eigenvalue weighted by molar-refractivity contribution is 5.98. The van der Waals surface area contributed by atoms with E-state index in [2.05, 4.69) is 10.6 Å². The van der Waals surface area contributed by atoms with Crippen molar-refractivity contribution in [1.82, 2.24) is 5.32 Å². The number of amides is 3. The molecule has 6 heteroatoms. The van der Waals surface area contributed by atoms with Crippen molar-refractivity contribution in [2.24, 2.45) is 0 Å². The first kappa shape index (κ1) is 16.8. The van der Waals surface area contributed by atoms with E-state index < -0.39 is 0 Å². The van der Waals surface area contributed by atoms with Crippen molar-refractivity contribution in [2.45, 2.75) is 19.4 Å². The molecule has 3 amide bonds. The second-order valence-electron chi connectivity index (χ2n) is 6.02. The summed E-state index contributed by atoms with van der Waals surface area (Å²) in [7, 11) is 1.59. The van der Waals surface area contributed by atoms with E-state index in [0.29, 0.717) is 12.3 Å². The van der Waals surface area contributed by atoms with Gasteiger partial charge in [0.15, 0.2) is 0 Å². The third-order valence-corrected chi connectivity index (χ3v) is 4.22. The molecule has 0 saturated carbocycles. The lowest BCUT2D eigenvalue weighted by Gasteiger charge is -2.18. The van der Waals surface area contributed by atoms with Crippen LogP contribution in [0.15, 0.2) is 48.5 Å². The van der Waals surface area contributed by atoms with Gasteiger partial charge in [0.1, 0.15) is 5.75 Å². The molecule has 0 radical (unpaired) electrons. The Morgan fingerprint density at radius 3 is 2.76 bits per heavy atom. The molecule has 0 bridgehead atoms. The lowest BCUT2D eigenvalue weighted by Crippen LogP contribution is -2.39. The molecule has 3 rings (SSSR count). The lowest BCUT2D eigenvalue weighted by atomic mass is 10.2. The standard InChI is InChI=1S/C19H21N3O3/c1-13-6-3-4-9-17(13)21-19(24)20-14-10-18(23)22(12-14)15-7-5-8-16(11-15)25-2/h3-9,11,14H,10,12H2,1-2H3,(H2,20,21,24)/t14-/m1/s1. The van der Waals surface area contributed by atoms with Crippen LogP contribution in [-0.2, 0) is 4.79 Å². The van der Waals surface area contributed by atoms with Gasteiger partial charge in [0.25, 0.3) is 0 Å². The lowest BCUT2D eigenvalue weighted by molar-refractivity contribution is -0.117.